The van der Waals surface area contributed by atoms with Gasteiger partial charge in [-0.3, -0.25) is 5.43 Å². The number of hydrazone groups is 1. The quantitative estimate of drug-likeness (QED) is 0.568. The van der Waals surface area contributed by atoms with Crippen LogP contribution in [0.5, 0.6) is 5.75 Å². The van der Waals surface area contributed by atoms with E-state index < -0.39 is 0 Å². The van der Waals surface area contributed by atoms with E-state index in [2.05, 4.69) is 15.5 Å². The van der Waals surface area contributed by atoms with Gasteiger partial charge in [-0.1, -0.05) is 35.6 Å². The van der Waals surface area contributed by atoms with E-state index >= 15 is 0 Å². The number of benzene rings is 2. The summed E-state index contributed by atoms with van der Waals surface area (Å²) in [4.78, 5) is 4.47. The first-order valence-electron chi connectivity index (χ1n) is 6.73. The summed E-state index contributed by atoms with van der Waals surface area (Å²) in [6, 6.07) is 15.8. The third-order valence-corrected chi connectivity index (χ3v) is 3.82. The number of hydrogen-bond donors (Lipinski definition) is 1. The Morgan fingerprint density at radius 1 is 1.19 bits per heavy atom. The minimum atomic E-state index is 0.635. The van der Waals surface area contributed by atoms with Crippen LogP contribution in [0.2, 0.25) is 0 Å². The van der Waals surface area contributed by atoms with Gasteiger partial charge in [-0.25, -0.2) is 4.98 Å². The number of para-hydroxylation sites is 2. The highest BCUT2D eigenvalue weighted by Gasteiger charge is 2.02. The predicted octanol–water partition coefficient (Wildman–Crippen LogP) is 4.14. The number of ether oxygens (including phenoxy) is 1. The smallest absolute Gasteiger partial charge is 0.204 e. The molecule has 21 heavy (non-hydrogen) atoms. The molecule has 0 radical (unpaired) electrons. The second kappa shape index (κ2) is 6.37. The molecule has 0 fully saturated rings. The van der Waals surface area contributed by atoms with E-state index in [9.17, 15) is 0 Å². The minimum Gasteiger partial charge on any atom is -0.493 e. The van der Waals surface area contributed by atoms with Crippen LogP contribution in [0.3, 0.4) is 0 Å². The molecule has 0 aliphatic heterocycles. The Balaban J connectivity index is 1.74. The van der Waals surface area contributed by atoms with Crippen molar-refractivity contribution in [3.05, 3.63) is 54.1 Å². The molecule has 0 unspecified atom stereocenters. The second-order valence-electron chi connectivity index (χ2n) is 4.33. The summed E-state index contributed by atoms with van der Waals surface area (Å²) in [6.45, 7) is 2.60. The Hall–Kier alpha value is -2.40. The van der Waals surface area contributed by atoms with Crippen LogP contribution in [0.25, 0.3) is 10.2 Å². The molecule has 0 saturated carbocycles. The molecule has 5 heteroatoms. The third-order valence-electron chi connectivity index (χ3n) is 2.88. The average Bonchev–Trinajstić information content (AvgIpc) is 2.92. The van der Waals surface area contributed by atoms with Crippen molar-refractivity contribution in [1.29, 1.82) is 0 Å². The molecular formula is C16H15N3OS. The first-order valence-corrected chi connectivity index (χ1v) is 7.55. The minimum absolute atomic E-state index is 0.635. The second-order valence-corrected chi connectivity index (χ2v) is 5.36. The lowest BCUT2D eigenvalue weighted by atomic mass is 10.2. The zero-order valence-corrected chi connectivity index (χ0v) is 12.4. The molecule has 2 aromatic carbocycles. The van der Waals surface area contributed by atoms with Crippen LogP contribution in [-0.4, -0.2) is 17.8 Å². The number of hydrogen-bond acceptors (Lipinski definition) is 5. The SMILES string of the molecule is CCOc1ccccc1C=NNc1nc2ccccc2s1. The first-order chi connectivity index (χ1) is 10.4. The molecule has 0 bridgehead atoms. The summed E-state index contributed by atoms with van der Waals surface area (Å²) < 4.78 is 6.70. The molecular weight excluding hydrogens is 282 g/mol. The fourth-order valence-corrected chi connectivity index (χ4v) is 2.77. The molecule has 0 spiro atoms. The molecule has 1 heterocycles. The molecule has 3 rings (SSSR count). The molecule has 106 valence electrons. The summed E-state index contributed by atoms with van der Waals surface area (Å²) >= 11 is 1.58. The number of fused-ring (bicyclic) bond motifs is 1. The highest BCUT2D eigenvalue weighted by molar-refractivity contribution is 7.22. The van der Waals surface area contributed by atoms with E-state index in [4.69, 9.17) is 4.74 Å². The van der Waals surface area contributed by atoms with E-state index in [0.717, 1.165) is 26.7 Å². The van der Waals surface area contributed by atoms with Crippen LogP contribution in [0.1, 0.15) is 12.5 Å². The van der Waals surface area contributed by atoms with Crippen LogP contribution in [0.15, 0.2) is 53.6 Å². The maximum absolute atomic E-state index is 5.56. The average molecular weight is 297 g/mol. The van der Waals surface area contributed by atoms with Crippen LogP contribution in [-0.2, 0) is 0 Å². The Kier molecular flexibility index (Phi) is 4.12. The van der Waals surface area contributed by atoms with Gasteiger partial charge in [0.15, 0.2) is 0 Å². The van der Waals surface area contributed by atoms with E-state index in [-0.39, 0.29) is 0 Å². The number of nitrogens with one attached hydrogen (secondary N) is 1. The number of anilines is 1. The summed E-state index contributed by atoms with van der Waals surface area (Å²) in [5, 5.41) is 5.02. The van der Waals surface area contributed by atoms with E-state index in [1.165, 1.54) is 0 Å². The van der Waals surface area contributed by atoms with Gasteiger partial charge in [0, 0.05) is 5.56 Å². The van der Waals surface area contributed by atoms with Gasteiger partial charge in [0.05, 0.1) is 23.0 Å². The van der Waals surface area contributed by atoms with Crippen LogP contribution in [0.4, 0.5) is 5.13 Å². The van der Waals surface area contributed by atoms with Crippen molar-refractivity contribution in [3.8, 4) is 5.75 Å². The van der Waals surface area contributed by atoms with Gasteiger partial charge in [0.25, 0.3) is 0 Å². The highest BCUT2D eigenvalue weighted by atomic mass is 32.1. The van der Waals surface area contributed by atoms with Crippen LogP contribution < -0.4 is 10.2 Å². The fourth-order valence-electron chi connectivity index (χ4n) is 1.95. The van der Waals surface area contributed by atoms with Gasteiger partial charge in [0.2, 0.25) is 5.13 Å². The number of thiazole rings is 1. The topological polar surface area (TPSA) is 46.5 Å². The van der Waals surface area contributed by atoms with Crippen molar-refractivity contribution in [2.24, 2.45) is 5.10 Å². The number of rotatable bonds is 5. The van der Waals surface area contributed by atoms with Crippen molar-refractivity contribution in [2.45, 2.75) is 6.92 Å². The Morgan fingerprint density at radius 3 is 2.86 bits per heavy atom. The molecule has 0 atom stereocenters. The van der Waals surface area contributed by atoms with Gasteiger partial charge < -0.3 is 4.74 Å². The predicted molar refractivity (Wildman–Crippen MR) is 88.4 cm³/mol. The fraction of sp³-hybridized carbons (Fsp3) is 0.125. The van der Waals surface area contributed by atoms with Crippen molar-refractivity contribution in [3.63, 3.8) is 0 Å². The summed E-state index contributed by atoms with van der Waals surface area (Å²) in [5.74, 6) is 0.829. The maximum atomic E-state index is 5.56. The number of aromatic nitrogens is 1. The molecule has 0 saturated heterocycles. The molecule has 1 N–H and O–H groups in total. The van der Waals surface area contributed by atoms with Crippen molar-refractivity contribution in [2.75, 3.05) is 12.0 Å². The lowest BCUT2D eigenvalue weighted by molar-refractivity contribution is 0.340. The molecule has 1 aromatic heterocycles. The van der Waals surface area contributed by atoms with Crippen LogP contribution >= 0.6 is 11.3 Å². The summed E-state index contributed by atoms with van der Waals surface area (Å²) in [5.41, 5.74) is 4.89. The number of nitrogens with zero attached hydrogens (tertiary/aromatic N) is 2. The molecule has 0 amide bonds. The zero-order chi connectivity index (χ0) is 14.5. The molecule has 0 aliphatic carbocycles. The summed E-state index contributed by atoms with van der Waals surface area (Å²) in [6.07, 6.45) is 1.75. The van der Waals surface area contributed by atoms with Gasteiger partial charge >= 0.3 is 0 Å². The van der Waals surface area contributed by atoms with Gasteiger partial charge in [0.1, 0.15) is 5.75 Å². The standard InChI is InChI=1S/C16H15N3OS/c1-2-20-14-9-5-3-7-12(14)11-17-19-16-18-13-8-4-6-10-15(13)21-16/h3-11H,2H2,1H3,(H,18,19). The van der Waals surface area contributed by atoms with Gasteiger partial charge in [-0.15, -0.1) is 0 Å². The van der Waals surface area contributed by atoms with E-state index in [1.807, 2.05) is 55.5 Å². The monoisotopic (exact) mass is 297 g/mol. The lowest BCUT2D eigenvalue weighted by Crippen LogP contribution is -1.97. The third kappa shape index (κ3) is 3.20. The molecule has 3 aromatic rings. The van der Waals surface area contributed by atoms with E-state index in [0.29, 0.717) is 6.61 Å². The van der Waals surface area contributed by atoms with Crippen LogP contribution in [0, 0.1) is 0 Å². The van der Waals surface area contributed by atoms with Gasteiger partial charge in [-0.05, 0) is 31.2 Å². The van der Waals surface area contributed by atoms with Gasteiger partial charge in [-0.2, -0.15) is 5.10 Å². The highest BCUT2D eigenvalue weighted by Crippen LogP contribution is 2.25. The molecule has 4 nitrogen and oxygen atoms in total. The summed E-state index contributed by atoms with van der Waals surface area (Å²) in [7, 11) is 0. The van der Waals surface area contributed by atoms with Crippen molar-refractivity contribution < 1.29 is 4.74 Å². The van der Waals surface area contributed by atoms with E-state index in [1.54, 1.807) is 17.6 Å². The van der Waals surface area contributed by atoms with Crippen molar-refractivity contribution in [1.82, 2.24) is 4.98 Å². The zero-order valence-electron chi connectivity index (χ0n) is 11.6. The Bertz CT molecular complexity index is 734. The largest absolute Gasteiger partial charge is 0.493 e. The Labute approximate surface area is 127 Å². The maximum Gasteiger partial charge on any atom is 0.204 e. The molecule has 0 aliphatic rings. The lowest BCUT2D eigenvalue weighted by Gasteiger charge is -2.05. The Morgan fingerprint density at radius 2 is 2.00 bits per heavy atom. The first kappa shape index (κ1) is 13.6. The van der Waals surface area contributed by atoms with Crippen molar-refractivity contribution >= 4 is 32.9 Å². The normalized spacial score (nSPS) is 11.1.